The minimum atomic E-state index is -0.648. The van der Waals surface area contributed by atoms with E-state index in [4.69, 9.17) is 21.1 Å². The highest BCUT2D eigenvalue weighted by atomic mass is 35.5. The summed E-state index contributed by atoms with van der Waals surface area (Å²) in [4.78, 5) is 40.4. The molecule has 3 rings (SSSR count). The predicted octanol–water partition coefficient (Wildman–Crippen LogP) is 2.62. The molecule has 1 N–H and O–H groups in total. The van der Waals surface area contributed by atoms with Crippen molar-refractivity contribution in [3.05, 3.63) is 70.7 Å². The first-order chi connectivity index (χ1) is 15.5. The Morgan fingerprint density at radius 2 is 1.66 bits per heavy atom. The molecule has 2 aromatic carbocycles. The molecule has 9 heteroatoms. The number of carbonyl (C=O) groups is 3. The van der Waals surface area contributed by atoms with Crippen molar-refractivity contribution in [1.82, 2.24) is 15.1 Å². The van der Waals surface area contributed by atoms with Gasteiger partial charge in [-0.1, -0.05) is 60.1 Å². The second kappa shape index (κ2) is 11.5. The first kappa shape index (κ1) is 23.6. The van der Waals surface area contributed by atoms with Gasteiger partial charge in [0.1, 0.15) is 19.2 Å². The van der Waals surface area contributed by atoms with Crippen LogP contribution in [-0.2, 0) is 25.7 Å². The molecule has 8 nitrogen and oxygen atoms in total. The average Bonchev–Trinajstić information content (AvgIpc) is 2.83. The zero-order chi connectivity index (χ0) is 22.9. The van der Waals surface area contributed by atoms with Crippen LogP contribution >= 0.6 is 11.6 Å². The van der Waals surface area contributed by atoms with E-state index in [9.17, 15) is 14.4 Å². The summed E-state index contributed by atoms with van der Waals surface area (Å²) in [6, 6.07) is 15.8. The molecular weight excluding hydrogens is 434 g/mol. The van der Waals surface area contributed by atoms with E-state index in [1.807, 2.05) is 41.3 Å². The molecule has 170 valence electrons. The fourth-order valence-corrected chi connectivity index (χ4v) is 3.78. The Morgan fingerprint density at radius 1 is 1.00 bits per heavy atom. The Bertz CT molecular complexity index is 932. The lowest BCUT2D eigenvalue weighted by molar-refractivity contribution is -0.148. The summed E-state index contributed by atoms with van der Waals surface area (Å²) in [6.07, 6.45) is -0.648. The zero-order valence-corrected chi connectivity index (χ0v) is 18.6. The average molecular weight is 460 g/mol. The number of nitrogens with zero attached hydrogens (tertiary/aromatic N) is 2. The van der Waals surface area contributed by atoms with Crippen LogP contribution in [0.15, 0.2) is 54.6 Å². The molecule has 1 saturated heterocycles. The number of methoxy groups -OCH3 is 1. The minimum absolute atomic E-state index is 0.135. The first-order valence-electron chi connectivity index (χ1n) is 10.3. The lowest BCUT2D eigenvalue weighted by Gasteiger charge is -2.38. The summed E-state index contributed by atoms with van der Waals surface area (Å²) < 4.78 is 10.1. The van der Waals surface area contributed by atoms with Crippen molar-refractivity contribution in [2.75, 3.05) is 39.8 Å². The van der Waals surface area contributed by atoms with E-state index in [1.165, 1.54) is 7.11 Å². The number of nitrogens with one attached hydrogen (secondary N) is 1. The Balaban J connectivity index is 1.48. The molecule has 0 aromatic heterocycles. The molecule has 32 heavy (non-hydrogen) atoms. The fourth-order valence-electron chi connectivity index (χ4n) is 3.54. The zero-order valence-electron chi connectivity index (χ0n) is 17.8. The number of rotatable bonds is 7. The van der Waals surface area contributed by atoms with Crippen molar-refractivity contribution < 1.29 is 23.9 Å². The SMILES string of the molecule is COC(=O)C(c1ccccc1Cl)N1CCN(C(=O)CNC(=O)OCc2ccccc2)CC1. The number of benzene rings is 2. The van der Waals surface area contributed by atoms with Crippen LogP contribution in [0.1, 0.15) is 17.2 Å². The number of ether oxygens (including phenoxy) is 2. The van der Waals surface area contributed by atoms with E-state index in [0.717, 1.165) is 5.56 Å². The van der Waals surface area contributed by atoms with Crippen molar-refractivity contribution >= 4 is 29.6 Å². The van der Waals surface area contributed by atoms with Crippen molar-refractivity contribution in [1.29, 1.82) is 0 Å². The molecule has 0 spiro atoms. The van der Waals surface area contributed by atoms with Crippen molar-refractivity contribution in [3.63, 3.8) is 0 Å². The number of alkyl carbamates (subject to hydrolysis) is 1. The summed E-state index contributed by atoms with van der Waals surface area (Å²) in [5, 5.41) is 2.97. The molecular formula is C23H26ClN3O5. The third-order valence-corrected chi connectivity index (χ3v) is 5.60. The number of hydrogen-bond donors (Lipinski definition) is 1. The number of halogens is 1. The molecule has 0 aliphatic carbocycles. The third kappa shape index (κ3) is 6.21. The monoisotopic (exact) mass is 459 g/mol. The largest absolute Gasteiger partial charge is 0.468 e. The highest BCUT2D eigenvalue weighted by Gasteiger charge is 2.33. The minimum Gasteiger partial charge on any atom is -0.468 e. The second-order valence-electron chi connectivity index (χ2n) is 7.28. The van der Waals surface area contributed by atoms with Crippen LogP contribution in [0, 0.1) is 0 Å². The van der Waals surface area contributed by atoms with Crippen LogP contribution in [0.25, 0.3) is 0 Å². The van der Waals surface area contributed by atoms with Crippen LogP contribution in [0.3, 0.4) is 0 Å². The van der Waals surface area contributed by atoms with Crippen LogP contribution in [-0.4, -0.2) is 67.6 Å². The molecule has 1 aliphatic heterocycles. The molecule has 1 unspecified atom stereocenters. The number of carbonyl (C=O) groups excluding carboxylic acids is 3. The predicted molar refractivity (Wildman–Crippen MR) is 119 cm³/mol. The number of esters is 1. The summed E-state index contributed by atoms with van der Waals surface area (Å²) in [5.74, 6) is -0.616. The van der Waals surface area contributed by atoms with Gasteiger partial charge in [-0.3, -0.25) is 9.69 Å². The van der Waals surface area contributed by atoms with Gasteiger partial charge >= 0.3 is 12.1 Å². The summed E-state index contributed by atoms with van der Waals surface area (Å²) in [7, 11) is 1.34. The van der Waals surface area contributed by atoms with E-state index in [-0.39, 0.29) is 19.1 Å². The summed E-state index contributed by atoms with van der Waals surface area (Å²) in [6.45, 7) is 1.74. The number of hydrogen-bond acceptors (Lipinski definition) is 6. The Hall–Kier alpha value is -3.10. The van der Waals surface area contributed by atoms with Crippen molar-refractivity contribution in [2.45, 2.75) is 12.6 Å². The lowest BCUT2D eigenvalue weighted by Crippen LogP contribution is -2.53. The van der Waals surface area contributed by atoms with Crippen LogP contribution in [0.4, 0.5) is 4.79 Å². The van der Waals surface area contributed by atoms with E-state index in [1.54, 1.807) is 23.1 Å². The lowest BCUT2D eigenvalue weighted by atomic mass is 10.0. The maximum atomic E-state index is 12.5. The van der Waals surface area contributed by atoms with Crippen molar-refractivity contribution in [3.8, 4) is 0 Å². The quantitative estimate of drug-likeness (QED) is 0.640. The third-order valence-electron chi connectivity index (χ3n) is 5.25. The normalized spacial score (nSPS) is 15.0. The molecule has 1 heterocycles. The van der Waals surface area contributed by atoms with E-state index >= 15 is 0 Å². The van der Waals surface area contributed by atoms with Crippen LogP contribution in [0.2, 0.25) is 5.02 Å². The van der Waals surface area contributed by atoms with Gasteiger partial charge in [0, 0.05) is 31.2 Å². The van der Waals surface area contributed by atoms with Crippen LogP contribution < -0.4 is 5.32 Å². The first-order valence-corrected chi connectivity index (χ1v) is 10.7. The van der Waals surface area contributed by atoms with Gasteiger partial charge < -0.3 is 19.7 Å². The summed E-state index contributed by atoms with van der Waals surface area (Å²) in [5.41, 5.74) is 1.53. The van der Waals surface area contributed by atoms with Gasteiger partial charge in [-0.2, -0.15) is 0 Å². The molecule has 0 bridgehead atoms. The van der Waals surface area contributed by atoms with Crippen molar-refractivity contribution in [2.24, 2.45) is 0 Å². The van der Waals surface area contributed by atoms with E-state index in [2.05, 4.69) is 5.32 Å². The van der Waals surface area contributed by atoms with Gasteiger partial charge in [0.05, 0.1) is 7.11 Å². The molecule has 2 aromatic rings. The Morgan fingerprint density at radius 3 is 2.31 bits per heavy atom. The molecule has 1 aliphatic rings. The number of piperazine rings is 1. The topological polar surface area (TPSA) is 88.2 Å². The maximum Gasteiger partial charge on any atom is 0.407 e. The molecule has 0 radical (unpaired) electrons. The second-order valence-corrected chi connectivity index (χ2v) is 7.69. The molecule has 1 fully saturated rings. The molecule has 1 atom stereocenters. The summed E-state index contributed by atoms with van der Waals surface area (Å²) >= 11 is 6.30. The maximum absolute atomic E-state index is 12.5. The smallest absolute Gasteiger partial charge is 0.407 e. The van der Waals surface area contributed by atoms with Gasteiger partial charge in [0.25, 0.3) is 0 Å². The Labute approximate surface area is 192 Å². The Kier molecular flexibility index (Phi) is 8.47. The van der Waals surface area contributed by atoms with Gasteiger partial charge in [-0.05, 0) is 17.2 Å². The highest BCUT2D eigenvalue weighted by Crippen LogP contribution is 2.29. The van der Waals surface area contributed by atoms with Gasteiger partial charge in [-0.25, -0.2) is 9.59 Å². The highest BCUT2D eigenvalue weighted by molar-refractivity contribution is 6.31. The van der Waals surface area contributed by atoms with E-state index < -0.39 is 18.1 Å². The fraction of sp³-hybridized carbons (Fsp3) is 0.348. The van der Waals surface area contributed by atoms with Gasteiger partial charge in [-0.15, -0.1) is 0 Å². The van der Waals surface area contributed by atoms with Gasteiger partial charge in [0.15, 0.2) is 0 Å². The number of amides is 2. The standard InChI is InChI=1S/C23H26ClN3O5/c1-31-22(29)21(18-9-5-6-10-19(18)24)27-13-11-26(12-14-27)20(28)15-25-23(30)32-16-17-7-3-2-4-8-17/h2-10,21H,11-16H2,1H3,(H,25,30). The van der Waals surface area contributed by atoms with Crippen LogP contribution in [0.5, 0.6) is 0 Å². The molecule has 0 saturated carbocycles. The van der Waals surface area contributed by atoms with E-state index in [0.29, 0.717) is 36.8 Å². The molecule has 2 amide bonds. The van der Waals surface area contributed by atoms with Gasteiger partial charge in [0.2, 0.25) is 5.91 Å².